The number of carbonyl (C=O) groups excluding carboxylic acids is 10. The molecule has 3 aromatic carbocycles. The zero-order valence-electron chi connectivity index (χ0n) is 54.0. The Bertz CT molecular complexity index is 3330. The van der Waals surface area contributed by atoms with E-state index in [0.717, 1.165) is 24.2 Å². The van der Waals surface area contributed by atoms with Crippen LogP contribution in [-0.2, 0) is 60.9 Å². The van der Waals surface area contributed by atoms with Crippen LogP contribution in [0.5, 0.6) is 0 Å². The van der Waals surface area contributed by atoms with E-state index in [2.05, 4.69) is 66.3 Å². The number of nitrogens with one attached hydrogen (secondary N) is 9. The number of ether oxygens (including phenoxy) is 1. The lowest BCUT2D eigenvalue weighted by molar-refractivity contribution is -0.144. The van der Waals surface area contributed by atoms with Gasteiger partial charge in [-0.1, -0.05) is 76.2 Å². The zero-order valence-corrected chi connectivity index (χ0v) is 54.0. The number of esters is 1. The number of H-pyrrole nitrogens is 1. The quantitative estimate of drug-likeness (QED) is 0.0364. The molecular formula is C66H91FN14O12. The fourth-order valence-corrected chi connectivity index (χ4v) is 11.0. The van der Waals surface area contributed by atoms with Gasteiger partial charge in [-0.25, -0.2) is 4.39 Å². The van der Waals surface area contributed by atoms with Crippen molar-refractivity contribution in [3.05, 3.63) is 112 Å². The van der Waals surface area contributed by atoms with Gasteiger partial charge in [-0.3, -0.25) is 52.8 Å². The van der Waals surface area contributed by atoms with Gasteiger partial charge in [0, 0.05) is 49.4 Å². The summed E-state index contributed by atoms with van der Waals surface area (Å²) in [7, 11) is 0. The molecule has 16 N–H and O–H groups in total. The maximum atomic E-state index is 14.8. The normalized spacial score (nSPS) is 20.7. The van der Waals surface area contributed by atoms with Crippen LogP contribution in [-0.4, -0.2) is 175 Å². The van der Waals surface area contributed by atoms with E-state index >= 15 is 0 Å². The predicted octanol–water partition coefficient (Wildman–Crippen LogP) is 0.974. The number of benzene rings is 3. The van der Waals surface area contributed by atoms with Crippen LogP contribution in [0.1, 0.15) is 117 Å². The Kier molecular flexibility index (Phi) is 27.7. The first kappa shape index (κ1) is 73.2. The molecule has 93 heavy (non-hydrogen) atoms. The molecule has 1 saturated heterocycles. The molecule has 9 amide bonds. The van der Waals surface area contributed by atoms with Gasteiger partial charge >= 0.3 is 5.97 Å². The summed E-state index contributed by atoms with van der Waals surface area (Å²) in [5, 5.41) is 31.9. The summed E-state index contributed by atoms with van der Waals surface area (Å²) in [5.74, 6) is -7.62. The van der Waals surface area contributed by atoms with Gasteiger partial charge < -0.3 is 79.5 Å². The number of nitrogens with zero attached hydrogens (tertiary/aromatic N) is 2. The van der Waals surface area contributed by atoms with Crippen molar-refractivity contribution in [2.24, 2.45) is 23.1 Å². The summed E-state index contributed by atoms with van der Waals surface area (Å²) in [6.07, 6.45) is -0.170. The number of anilines is 1. The molecule has 3 heterocycles. The zero-order chi connectivity index (χ0) is 68.1. The first-order valence-electron chi connectivity index (χ1n) is 31.6. The maximum absolute atomic E-state index is 14.8. The summed E-state index contributed by atoms with van der Waals surface area (Å²) in [4.78, 5) is 144. The first-order chi connectivity index (χ1) is 44.4. The van der Waals surface area contributed by atoms with E-state index in [1.165, 1.54) is 30.0 Å². The van der Waals surface area contributed by atoms with E-state index in [9.17, 15) is 57.4 Å². The lowest BCUT2D eigenvalue weighted by Crippen LogP contribution is -2.61. The van der Waals surface area contributed by atoms with Crippen LogP contribution in [0.25, 0.3) is 22.8 Å². The van der Waals surface area contributed by atoms with Crippen molar-refractivity contribution in [1.82, 2.24) is 52.4 Å². The van der Waals surface area contributed by atoms with E-state index in [0.29, 0.717) is 52.4 Å². The second kappa shape index (κ2) is 35.2. The van der Waals surface area contributed by atoms with E-state index in [1.54, 1.807) is 56.3 Å². The third-order valence-corrected chi connectivity index (χ3v) is 16.2. The topological polar surface area (TPSA) is 397 Å². The highest BCUT2D eigenvalue weighted by Crippen LogP contribution is 2.39. The van der Waals surface area contributed by atoms with Gasteiger partial charge in [-0.2, -0.15) is 0 Å². The molecule has 2 aliphatic rings. The smallest absolute Gasteiger partial charge is 0.326 e. The predicted molar refractivity (Wildman–Crippen MR) is 348 cm³/mol. The van der Waals surface area contributed by atoms with Crippen molar-refractivity contribution >= 4 is 76.5 Å². The van der Waals surface area contributed by atoms with Crippen LogP contribution >= 0.6 is 0 Å². The monoisotopic (exact) mass is 1290 g/mol. The van der Waals surface area contributed by atoms with E-state index in [1.807, 2.05) is 26.0 Å². The molecule has 0 saturated carbocycles. The Balaban J connectivity index is 1.16. The number of aliphatic hydroxyl groups is 1. The lowest BCUT2D eigenvalue weighted by Gasteiger charge is -2.28. The molecule has 7 atom stereocenters. The average Bonchev–Trinajstić information content (AvgIpc) is 1.63. The number of hydrogen-bond acceptors (Lipinski definition) is 16. The van der Waals surface area contributed by atoms with Crippen molar-refractivity contribution in [2.75, 3.05) is 63.8 Å². The molecule has 0 aliphatic carbocycles. The average molecular weight is 1290 g/mol. The van der Waals surface area contributed by atoms with Crippen LogP contribution in [0.2, 0.25) is 0 Å². The number of fused-ring (bicyclic) bond motifs is 1. The number of aryl methyl sites for hydroxylation is 1. The lowest BCUT2D eigenvalue weighted by atomic mass is 9.98. The molecule has 26 nitrogen and oxygen atoms in total. The van der Waals surface area contributed by atoms with Crippen LogP contribution < -0.4 is 64.6 Å². The summed E-state index contributed by atoms with van der Waals surface area (Å²) in [6.45, 7) is 14.5. The Morgan fingerprint density at radius 2 is 1.26 bits per heavy atom. The third kappa shape index (κ3) is 20.6. The molecule has 27 heteroatoms. The number of aliphatic hydroxyl groups excluding tert-OH is 1. The molecule has 0 radical (unpaired) electrons. The van der Waals surface area contributed by atoms with Gasteiger partial charge in [0.25, 0.3) is 11.8 Å². The molecule has 1 aromatic heterocycles. The number of rotatable bonds is 23. The summed E-state index contributed by atoms with van der Waals surface area (Å²) < 4.78 is 20.4. The van der Waals surface area contributed by atoms with Crippen LogP contribution in [0.15, 0.2) is 66.7 Å². The van der Waals surface area contributed by atoms with Crippen molar-refractivity contribution in [1.29, 1.82) is 0 Å². The number of carbonyl (C=O) groups is 10. The molecule has 0 bridgehead atoms. The molecule has 0 spiro atoms. The van der Waals surface area contributed by atoms with Crippen LogP contribution in [0.4, 0.5) is 10.1 Å². The molecule has 6 rings (SSSR count). The van der Waals surface area contributed by atoms with E-state index in [4.69, 9.17) is 21.9 Å². The molecular weight excluding hydrogens is 1200 g/mol. The largest absolute Gasteiger partial charge is 0.459 e. The fraction of sp³-hybridized carbons (Fsp3) is 0.485. The second-order valence-corrected chi connectivity index (χ2v) is 23.7. The third-order valence-electron chi connectivity index (χ3n) is 16.2. The molecule has 1 unspecified atom stereocenters. The fourth-order valence-electron chi connectivity index (χ4n) is 11.0. The Morgan fingerprint density at radius 3 is 1.83 bits per heavy atom. The molecule has 1 fully saturated rings. The molecule has 4 aromatic rings. The number of amides is 9. The number of hydrogen-bond donors (Lipinski definition) is 13. The number of nitrogens with two attached hydrogens (primary N) is 3. The molecule has 504 valence electrons. The first-order valence-corrected chi connectivity index (χ1v) is 31.6. The van der Waals surface area contributed by atoms with Gasteiger partial charge in [0.05, 0.1) is 22.9 Å². The summed E-state index contributed by atoms with van der Waals surface area (Å²) >= 11 is 0. The van der Waals surface area contributed by atoms with Crippen LogP contribution in [0.3, 0.4) is 0 Å². The van der Waals surface area contributed by atoms with Crippen molar-refractivity contribution in [2.45, 2.75) is 142 Å². The highest BCUT2D eigenvalue weighted by Gasteiger charge is 2.37. The Morgan fingerprint density at radius 1 is 0.720 bits per heavy atom. The minimum atomic E-state index is -1.47. The minimum absolute atomic E-state index is 0.0301. The van der Waals surface area contributed by atoms with Gasteiger partial charge in [-0.15, -0.1) is 0 Å². The maximum Gasteiger partial charge on any atom is 0.326 e. The Hall–Kier alpha value is -8.89. The van der Waals surface area contributed by atoms with E-state index in [-0.39, 0.29) is 101 Å². The number of aromatic nitrogens is 1. The van der Waals surface area contributed by atoms with E-state index < -0.39 is 108 Å². The van der Waals surface area contributed by atoms with Crippen molar-refractivity contribution in [3.8, 4) is 11.1 Å². The summed E-state index contributed by atoms with van der Waals surface area (Å²) in [6, 6.07) is 10.2. The van der Waals surface area contributed by atoms with Gasteiger partial charge in [0.2, 0.25) is 41.4 Å². The molecule has 2 aliphatic heterocycles. The second-order valence-electron chi connectivity index (χ2n) is 23.7. The van der Waals surface area contributed by atoms with Crippen molar-refractivity contribution in [3.63, 3.8) is 0 Å². The summed E-state index contributed by atoms with van der Waals surface area (Å²) in [5.41, 5.74) is 23.2. The van der Waals surface area contributed by atoms with Crippen LogP contribution in [0, 0.1) is 25.6 Å². The number of likely N-dealkylation sites (N-methyl/N-ethyl adjacent to an activating group) is 1. The minimum Gasteiger partial charge on any atom is -0.459 e. The number of aromatic amines is 1. The van der Waals surface area contributed by atoms with Gasteiger partial charge in [0.1, 0.15) is 55.2 Å². The highest BCUT2D eigenvalue weighted by atomic mass is 19.1. The SMILES string of the molecule is CCN(CC)CCNC(=O)c1c(C)[nH]c(/C=C2\C(=O)N(CC(=O)OCc3ccc(-c4ccc(C[C@H]5NC(=O)C(CCN)NC(=O)CCCNC(=O)[C@H]([C@@H](C)O)NC(=O)[C@H](CCN)NC(=O)[C@H](CCN)NC(=O)[C@H](CC(C)C)NC5=O)cc4)cc3)c3ccc(F)cc32)c1C. The standard InChI is InChI=1S/C66H91FN14O12/c1-8-80(9-2)30-29-72-64(90)57-38(5)51(73-39(57)6)34-47-46-33-45(67)20-21-54(46)81(66(47)92)35-56(84)93-36-42-14-18-44(19-15-42)43-16-12-41(13-17-43)32-53-63(89)77-52(31-37(3)4)62(88)76-49(23-26-69)60(86)75-50(24-27-70)61(87)79-58(40(7)82)65(91)71-28-10-11-55(83)74-48(22-25-68)59(85)78-53/h12-21,33-34,37,40,48-50,52-53,58,73,82H,8-11,22-32,35-36,68-70H2,1-7H3,(H,71,91)(H,72,90)(H,74,83)(H,75,86)(H,76,88)(H,77,89)(H,78,85)(H,79,87)/b47-34-/t40-,48?,49+,50+,52+,53-,58+/m1/s1. The number of halogens is 1. The van der Waals surface area contributed by atoms with Gasteiger partial charge in [0.15, 0.2) is 0 Å². The Labute approximate surface area is 541 Å². The highest BCUT2D eigenvalue weighted by molar-refractivity contribution is 6.36. The van der Waals surface area contributed by atoms with Crippen molar-refractivity contribution < 1.29 is 62.2 Å². The van der Waals surface area contributed by atoms with Gasteiger partial charge in [-0.05, 0) is 144 Å².